The van der Waals surface area contributed by atoms with Crippen LogP contribution in [0.2, 0.25) is 0 Å². The van der Waals surface area contributed by atoms with Gasteiger partial charge in [0, 0.05) is 29.0 Å². The number of benzene rings is 2. The van der Waals surface area contributed by atoms with Crippen LogP contribution in [-0.2, 0) is 20.8 Å². The Labute approximate surface area is 216 Å². The van der Waals surface area contributed by atoms with Gasteiger partial charge >= 0.3 is 0 Å². The van der Waals surface area contributed by atoms with Gasteiger partial charge in [0.1, 0.15) is 34.9 Å². The summed E-state index contributed by atoms with van der Waals surface area (Å²) >= 11 is 0. The van der Waals surface area contributed by atoms with Crippen molar-refractivity contribution in [3.05, 3.63) is 63.4 Å². The minimum absolute atomic E-state index is 0.0164. The number of methoxy groups -OCH3 is 1. The maximum absolute atomic E-state index is 13.7. The number of ketones is 2. The molecular formula is C28H25NO9. The van der Waals surface area contributed by atoms with Crippen LogP contribution in [0.25, 0.3) is 16.9 Å². The van der Waals surface area contributed by atoms with Gasteiger partial charge in [-0.15, -0.1) is 0 Å². The molecule has 3 aliphatic carbocycles. The number of aryl methyl sites for hydroxylation is 1. The number of rotatable bonds is 4. The number of hydrogen-bond donors (Lipinski definition) is 5. The molecule has 3 unspecified atom stereocenters. The molecule has 0 heterocycles. The first-order chi connectivity index (χ1) is 17.9. The van der Waals surface area contributed by atoms with Gasteiger partial charge in [-0.25, -0.2) is 0 Å². The smallest absolute Gasteiger partial charge is 0.255 e. The van der Waals surface area contributed by atoms with Crippen molar-refractivity contribution >= 4 is 29.5 Å². The Bertz CT molecular complexity index is 1530. The number of aromatic hydroxyl groups is 1. The van der Waals surface area contributed by atoms with Crippen molar-refractivity contribution < 1.29 is 44.3 Å². The lowest BCUT2D eigenvalue weighted by atomic mass is 9.59. The molecule has 38 heavy (non-hydrogen) atoms. The lowest BCUT2D eigenvalue weighted by Gasteiger charge is -2.46. The van der Waals surface area contributed by atoms with E-state index in [1.54, 1.807) is 31.2 Å². The Hall–Kier alpha value is -4.44. The fraction of sp³-hybridized carbons (Fsp3) is 0.286. The molecule has 6 N–H and O–H groups in total. The molecule has 10 heteroatoms. The number of amides is 1. The minimum Gasteiger partial charge on any atom is -0.508 e. The van der Waals surface area contributed by atoms with E-state index < -0.39 is 58.4 Å². The average Bonchev–Trinajstić information content (AvgIpc) is 2.87. The normalized spacial score (nSPS) is 24.5. The first-order valence-electron chi connectivity index (χ1n) is 11.9. The summed E-state index contributed by atoms with van der Waals surface area (Å²) in [6.07, 6.45) is 0.427. The fourth-order valence-corrected chi connectivity index (χ4v) is 6.07. The Kier molecular flexibility index (Phi) is 5.68. The summed E-state index contributed by atoms with van der Waals surface area (Å²) in [6, 6.07) is 6.52. The van der Waals surface area contributed by atoms with Gasteiger partial charge in [-0.2, -0.15) is 0 Å². The number of carbonyl (C=O) groups excluding carboxylic acids is 4. The highest BCUT2D eigenvalue weighted by molar-refractivity contribution is 6.22. The molecule has 10 nitrogen and oxygen atoms in total. The van der Waals surface area contributed by atoms with Crippen molar-refractivity contribution in [1.29, 1.82) is 0 Å². The number of aldehydes is 1. The second-order valence-corrected chi connectivity index (χ2v) is 9.93. The molecule has 3 atom stereocenters. The monoisotopic (exact) mass is 519 g/mol. The number of aliphatic hydroxyl groups excluding tert-OH is 2. The van der Waals surface area contributed by atoms with Crippen LogP contribution in [0.4, 0.5) is 0 Å². The highest BCUT2D eigenvalue weighted by Gasteiger charge is 2.60. The molecule has 2 aromatic carbocycles. The number of primary amides is 1. The molecule has 5 rings (SSSR count). The number of phenols is 1. The molecule has 1 saturated carbocycles. The molecule has 196 valence electrons. The molecule has 0 bridgehead atoms. The van der Waals surface area contributed by atoms with Gasteiger partial charge in [0.15, 0.2) is 11.4 Å². The lowest BCUT2D eigenvalue weighted by Crippen LogP contribution is -2.58. The van der Waals surface area contributed by atoms with Crippen LogP contribution < -0.4 is 10.5 Å². The van der Waals surface area contributed by atoms with Gasteiger partial charge in [-0.1, -0.05) is 0 Å². The van der Waals surface area contributed by atoms with Gasteiger partial charge in [0.05, 0.1) is 12.7 Å². The summed E-state index contributed by atoms with van der Waals surface area (Å²) in [5.41, 5.74) is 3.84. The Morgan fingerprint density at radius 2 is 1.84 bits per heavy atom. The third kappa shape index (κ3) is 3.30. The minimum atomic E-state index is -2.63. The summed E-state index contributed by atoms with van der Waals surface area (Å²) in [6.45, 7) is 1.60. The van der Waals surface area contributed by atoms with Crippen molar-refractivity contribution in [2.24, 2.45) is 17.6 Å². The van der Waals surface area contributed by atoms with E-state index in [1.807, 2.05) is 0 Å². The second kappa shape index (κ2) is 8.56. The van der Waals surface area contributed by atoms with Crippen LogP contribution in [0.5, 0.6) is 11.5 Å². The summed E-state index contributed by atoms with van der Waals surface area (Å²) in [4.78, 5) is 49.5. The standard InChI is InChI=1S/C28H25NO9/c1-11-5-15(16-6-12(10-30)3-4-19(16)38-2)17-8-13-7-14-9-18(31)22(27(29)36)26(35)28(14,37)25(34)20(13)24(33)21(17)23(11)32/h3-6,10,13-14,32-33,35,37H,7-9H2,1-2H3,(H2,29,36). The van der Waals surface area contributed by atoms with Crippen molar-refractivity contribution in [2.75, 3.05) is 7.11 Å². The first kappa shape index (κ1) is 25.2. The Balaban J connectivity index is 1.76. The summed E-state index contributed by atoms with van der Waals surface area (Å²) in [7, 11) is 1.47. The molecule has 2 aromatic rings. The quantitative estimate of drug-likeness (QED) is 0.298. The fourth-order valence-electron chi connectivity index (χ4n) is 6.07. The van der Waals surface area contributed by atoms with E-state index in [0.717, 1.165) is 0 Å². The summed E-state index contributed by atoms with van der Waals surface area (Å²) in [5.74, 6) is -6.40. The third-order valence-corrected chi connectivity index (χ3v) is 7.90. The van der Waals surface area contributed by atoms with Crippen molar-refractivity contribution in [1.82, 2.24) is 0 Å². The molecule has 3 aliphatic rings. The Morgan fingerprint density at radius 1 is 1.13 bits per heavy atom. The first-order valence-corrected chi connectivity index (χ1v) is 11.9. The van der Waals surface area contributed by atoms with Crippen LogP contribution in [-0.4, -0.2) is 56.9 Å². The number of phenolic OH excluding ortho intramolecular Hbond substituents is 1. The summed E-state index contributed by atoms with van der Waals surface area (Å²) in [5, 5.41) is 44.4. The number of ether oxygens (including phenoxy) is 1. The van der Waals surface area contributed by atoms with E-state index >= 15 is 0 Å². The average molecular weight is 520 g/mol. The van der Waals surface area contributed by atoms with Crippen molar-refractivity contribution in [3.8, 4) is 22.6 Å². The van der Waals surface area contributed by atoms with E-state index in [-0.39, 0.29) is 29.7 Å². The molecule has 0 aromatic heterocycles. The number of nitrogens with two attached hydrogens (primary N) is 1. The number of carbonyl (C=O) groups is 4. The zero-order chi connectivity index (χ0) is 27.7. The molecule has 0 saturated heterocycles. The van der Waals surface area contributed by atoms with Gasteiger partial charge in [-0.3, -0.25) is 19.2 Å². The van der Waals surface area contributed by atoms with E-state index in [0.29, 0.717) is 39.9 Å². The van der Waals surface area contributed by atoms with Crippen LogP contribution >= 0.6 is 0 Å². The van der Waals surface area contributed by atoms with Crippen LogP contribution in [0.3, 0.4) is 0 Å². The van der Waals surface area contributed by atoms with E-state index in [2.05, 4.69) is 0 Å². The largest absolute Gasteiger partial charge is 0.508 e. The molecule has 1 amide bonds. The van der Waals surface area contributed by atoms with Crippen LogP contribution in [0.15, 0.2) is 41.2 Å². The van der Waals surface area contributed by atoms with Gasteiger partial charge in [-0.05, 0) is 66.6 Å². The highest BCUT2D eigenvalue weighted by atomic mass is 16.5. The van der Waals surface area contributed by atoms with Crippen LogP contribution in [0, 0.1) is 18.8 Å². The molecule has 1 fully saturated rings. The van der Waals surface area contributed by atoms with E-state index in [1.165, 1.54) is 7.11 Å². The topological polar surface area (TPSA) is 184 Å². The van der Waals surface area contributed by atoms with Crippen molar-refractivity contribution in [2.45, 2.75) is 31.8 Å². The van der Waals surface area contributed by atoms with E-state index in [4.69, 9.17) is 10.5 Å². The number of aliphatic hydroxyl groups is 3. The third-order valence-electron chi connectivity index (χ3n) is 7.90. The van der Waals surface area contributed by atoms with Crippen molar-refractivity contribution in [3.63, 3.8) is 0 Å². The van der Waals surface area contributed by atoms with Gasteiger partial charge in [0.2, 0.25) is 5.78 Å². The molecule has 0 aliphatic heterocycles. The zero-order valence-corrected chi connectivity index (χ0v) is 20.6. The molecular weight excluding hydrogens is 494 g/mol. The molecule has 0 radical (unpaired) electrons. The second-order valence-electron chi connectivity index (χ2n) is 9.93. The number of Topliss-reactive ketones (excluding diaryl/α,β-unsaturated/α-hetero) is 2. The van der Waals surface area contributed by atoms with Gasteiger partial charge < -0.3 is 30.9 Å². The maximum atomic E-state index is 13.7. The lowest BCUT2D eigenvalue weighted by molar-refractivity contribution is -0.147. The SMILES string of the molecule is COc1ccc(C=O)cc1-c1cc(C)c(O)c2c1CC1CC3CC(=O)C(C(N)=O)=C(O)C3(O)C(=O)C1=C2O. The number of fused-ring (bicyclic) bond motifs is 3. The predicted molar refractivity (Wildman–Crippen MR) is 133 cm³/mol. The maximum Gasteiger partial charge on any atom is 0.255 e. The van der Waals surface area contributed by atoms with Crippen LogP contribution in [0.1, 0.15) is 39.9 Å². The predicted octanol–water partition coefficient (Wildman–Crippen LogP) is 2.22. The summed E-state index contributed by atoms with van der Waals surface area (Å²) < 4.78 is 5.50. The number of hydrogen-bond acceptors (Lipinski definition) is 9. The van der Waals surface area contributed by atoms with Gasteiger partial charge in [0.25, 0.3) is 5.91 Å². The van der Waals surface area contributed by atoms with E-state index in [9.17, 15) is 39.6 Å². The highest BCUT2D eigenvalue weighted by Crippen LogP contribution is 2.54. The molecule has 0 spiro atoms. The zero-order valence-electron chi connectivity index (χ0n) is 20.6. The Morgan fingerprint density at radius 3 is 2.47 bits per heavy atom.